The summed E-state index contributed by atoms with van der Waals surface area (Å²) < 4.78 is 15.5. The fraction of sp³-hybridized carbons (Fsp3) is 0.167. The van der Waals surface area contributed by atoms with Crippen molar-refractivity contribution >= 4 is 33.7 Å². The fourth-order valence-corrected chi connectivity index (χ4v) is 3.63. The van der Waals surface area contributed by atoms with E-state index in [4.69, 9.17) is 19.6 Å². The van der Waals surface area contributed by atoms with Gasteiger partial charge >= 0.3 is 5.97 Å². The summed E-state index contributed by atoms with van der Waals surface area (Å²) in [5, 5.41) is 39.4. The predicted molar refractivity (Wildman–Crippen MR) is 128 cm³/mol. The maximum Gasteiger partial charge on any atom is 0.343 e. The molecule has 13 heteroatoms. The number of phenolic OH excluding ortho intramolecular Hbond substituents is 4. The topological polar surface area (TPSA) is 223 Å². The number of pyridine rings is 1. The van der Waals surface area contributed by atoms with E-state index >= 15 is 0 Å². The first-order valence-corrected chi connectivity index (χ1v) is 10.7. The second kappa shape index (κ2) is 9.91. The average Bonchev–Trinajstić information content (AvgIpc) is 2.84. The van der Waals surface area contributed by atoms with Gasteiger partial charge in [-0.2, -0.15) is 0 Å². The molecular formula is C24H20N2O11. The molecule has 0 aliphatic heterocycles. The molecule has 4 rings (SSSR count). The van der Waals surface area contributed by atoms with Gasteiger partial charge < -0.3 is 45.0 Å². The maximum atomic E-state index is 13.4. The Kier molecular flexibility index (Phi) is 6.71. The lowest BCUT2D eigenvalue weighted by Crippen LogP contribution is -2.18. The summed E-state index contributed by atoms with van der Waals surface area (Å²) >= 11 is 0. The van der Waals surface area contributed by atoms with Crippen molar-refractivity contribution in [3.63, 3.8) is 0 Å². The number of aromatic hydroxyl groups is 4. The highest BCUT2D eigenvalue weighted by molar-refractivity contribution is 6.07. The van der Waals surface area contributed by atoms with Crippen molar-refractivity contribution in [1.29, 1.82) is 0 Å². The summed E-state index contributed by atoms with van der Waals surface area (Å²) in [6.07, 6.45) is 2.09. The molecule has 192 valence electrons. The van der Waals surface area contributed by atoms with Crippen molar-refractivity contribution in [3.8, 4) is 34.1 Å². The minimum absolute atomic E-state index is 0.00215. The number of primary amides is 1. The van der Waals surface area contributed by atoms with Gasteiger partial charge in [-0.15, -0.1) is 0 Å². The van der Waals surface area contributed by atoms with Crippen molar-refractivity contribution in [2.45, 2.75) is 6.42 Å². The van der Waals surface area contributed by atoms with Crippen LogP contribution >= 0.6 is 0 Å². The standard InChI is InChI=1S/C24H20N2O11/c25-18(30)1-2-35-3-4-36-24(34)20-19-17(7-16(29)23(20)33)37-9-12(22(19)32)11-8-26-13-6-15(28)14(27)5-10(13)21(11)31/h5-9,27-29,33H,1-4H2,(H2,25,30)(H,26,31). The van der Waals surface area contributed by atoms with Gasteiger partial charge in [0.05, 0.1) is 40.6 Å². The van der Waals surface area contributed by atoms with Crippen LogP contribution in [0, 0.1) is 0 Å². The smallest absolute Gasteiger partial charge is 0.343 e. The van der Waals surface area contributed by atoms with E-state index < -0.39 is 56.7 Å². The van der Waals surface area contributed by atoms with Gasteiger partial charge in [0.1, 0.15) is 24.0 Å². The number of esters is 1. The van der Waals surface area contributed by atoms with Gasteiger partial charge in [0.2, 0.25) is 11.3 Å². The van der Waals surface area contributed by atoms with Crippen LogP contribution in [0.4, 0.5) is 0 Å². The lowest BCUT2D eigenvalue weighted by molar-refractivity contribution is -0.119. The van der Waals surface area contributed by atoms with Gasteiger partial charge in [-0.3, -0.25) is 14.4 Å². The molecule has 0 atom stereocenters. The largest absolute Gasteiger partial charge is 0.504 e. The Balaban J connectivity index is 1.77. The number of carbonyl (C=O) groups excluding carboxylic acids is 2. The van der Waals surface area contributed by atoms with Gasteiger partial charge in [0.25, 0.3) is 0 Å². The number of fused-ring (bicyclic) bond motifs is 2. The summed E-state index contributed by atoms with van der Waals surface area (Å²) in [6.45, 7) is -0.441. The Morgan fingerprint density at radius 3 is 2.38 bits per heavy atom. The molecule has 37 heavy (non-hydrogen) atoms. The molecule has 2 aromatic heterocycles. The zero-order valence-corrected chi connectivity index (χ0v) is 18.9. The highest BCUT2D eigenvalue weighted by atomic mass is 16.6. The number of ether oxygens (including phenoxy) is 2. The molecule has 2 aromatic carbocycles. The van der Waals surface area contributed by atoms with Crippen molar-refractivity contribution in [1.82, 2.24) is 4.98 Å². The summed E-state index contributed by atoms with van der Waals surface area (Å²) in [6, 6.07) is 3.07. The third-order valence-electron chi connectivity index (χ3n) is 5.44. The molecule has 0 saturated carbocycles. The maximum absolute atomic E-state index is 13.4. The Morgan fingerprint density at radius 2 is 1.65 bits per heavy atom. The Bertz CT molecular complexity index is 1670. The summed E-state index contributed by atoms with van der Waals surface area (Å²) in [5.74, 6) is -4.47. The van der Waals surface area contributed by atoms with Crippen LogP contribution in [0.2, 0.25) is 0 Å². The van der Waals surface area contributed by atoms with Crippen molar-refractivity contribution in [2.24, 2.45) is 5.73 Å². The van der Waals surface area contributed by atoms with Gasteiger partial charge in [0.15, 0.2) is 28.4 Å². The van der Waals surface area contributed by atoms with Crippen LogP contribution in [-0.4, -0.2) is 57.1 Å². The monoisotopic (exact) mass is 512 g/mol. The molecule has 0 radical (unpaired) electrons. The lowest BCUT2D eigenvalue weighted by atomic mass is 10.0. The van der Waals surface area contributed by atoms with Gasteiger partial charge in [-0.25, -0.2) is 4.79 Å². The summed E-state index contributed by atoms with van der Waals surface area (Å²) in [7, 11) is 0. The molecule has 1 amide bonds. The average molecular weight is 512 g/mol. The van der Waals surface area contributed by atoms with Crippen LogP contribution in [0.25, 0.3) is 33.0 Å². The minimum Gasteiger partial charge on any atom is -0.504 e. The number of aromatic amines is 1. The minimum atomic E-state index is -1.19. The zero-order chi connectivity index (χ0) is 26.9. The van der Waals surface area contributed by atoms with E-state index in [0.717, 1.165) is 24.5 Å². The molecule has 0 aliphatic carbocycles. The van der Waals surface area contributed by atoms with Crippen LogP contribution in [0.5, 0.6) is 23.0 Å². The zero-order valence-electron chi connectivity index (χ0n) is 18.9. The molecule has 2 heterocycles. The molecule has 0 saturated heterocycles. The second-order valence-electron chi connectivity index (χ2n) is 7.85. The molecule has 7 N–H and O–H groups in total. The first-order valence-electron chi connectivity index (χ1n) is 10.7. The number of nitrogens with two attached hydrogens (primary N) is 1. The SMILES string of the molecule is NC(=O)CCOCCOC(=O)c1c(O)c(O)cc2occ(-c3c[nH]c4cc(O)c(O)cc4c3=O)c(=O)c12. The van der Waals surface area contributed by atoms with Crippen molar-refractivity contribution in [3.05, 3.63) is 56.7 Å². The molecule has 0 bridgehead atoms. The van der Waals surface area contributed by atoms with E-state index in [-0.39, 0.29) is 53.9 Å². The Labute approximate surface area is 205 Å². The number of hydrogen-bond donors (Lipinski definition) is 6. The third-order valence-corrected chi connectivity index (χ3v) is 5.44. The molecule has 0 aliphatic rings. The third kappa shape index (κ3) is 4.75. The first-order chi connectivity index (χ1) is 17.6. The lowest BCUT2D eigenvalue weighted by Gasteiger charge is -2.11. The van der Waals surface area contributed by atoms with Crippen molar-refractivity contribution in [2.75, 3.05) is 19.8 Å². The second-order valence-corrected chi connectivity index (χ2v) is 7.85. The number of hydrogen-bond acceptors (Lipinski definition) is 11. The Hall–Kier alpha value is -5.04. The fourth-order valence-electron chi connectivity index (χ4n) is 3.63. The first kappa shape index (κ1) is 25.1. The van der Waals surface area contributed by atoms with Crippen LogP contribution in [-0.2, 0) is 14.3 Å². The number of phenols is 4. The summed E-state index contributed by atoms with van der Waals surface area (Å²) in [4.78, 5) is 52.7. The van der Waals surface area contributed by atoms with Crippen LogP contribution in [0.1, 0.15) is 16.8 Å². The number of aromatic nitrogens is 1. The van der Waals surface area contributed by atoms with Crippen LogP contribution < -0.4 is 16.6 Å². The number of rotatable bonds is 8. The van der Waals surface area contributed by atoms with E-state index in [1.54, 1.807) is 0 Å². The van der Waals surface area contributed by atoms with Gasteiger partial charge in [-0.1, -0.05) is 0 Å². The normalized spacial score (nSPS) is 11.1. The Morgan fingerprint density at radius 1 is 0.919 bits per heavy atom. The van der Waals surface area contributed by atoms with Crippen molar-refractivity contribution < 1.29 is 43.9 Å². The number of amides is 1. The number of H-pyrrole nitrogens is 1. The molecule has 0 unspecified atom stereocenters. The van der Waals surface area contributed by atoms with E-state index in [1.165, 1.54) is 6.20 Å². The van der Waals surface area contributed by atoms with Gasteiger partial charge in [0, 0.05) is 24.8 Å². The number of nitrogens with one attached hydrogen (secondary N) is 1. The van der Waals surface area contributed by atoms with Crippen LogP contribution in [0.15, 0.2) is 44.7 Å². The molecule has 4 aromatic rings. The number of benzene rings is 2. The predicted octanol–water partition coefficient (Wildman–Crippen LogP) is 1.17. The quantitative estimate of drug-likeness (QED) is 0.112. The summed E-state index contributed by atoms with van der Waals surface area (Å²) in [5.41, 5.74) is 2.13. The van der Waals surface area contributed by atoms with E-state index in [0.29, 0.717) is 0 Å². The molecule has 13 nitrogen and oxygen atoms in total. The van der Waals surface area contributed by atoms with Gasteiger partial charge in [-0.05, 0) is 6.07 Å². The van der Waals surface area contributed by atoms with Crippen LogP contribution in [0.3, 0.4) is 0 Å². The highest BCUT2D eigenvalue weighted by Crippen LogP contribution is 2.36. The highest BCUT2D eigenvalue weighted by Gasteiger charge is 2.26. The molecule has 0 spiro atoms. The number of carbonyl (C=O) groups is 2. The molecule has 0 fully saturated rings. The van der Waals surface area contributed by atoms with E-state index in [9.17, 15) is 39.6 Å². The molecular weight excluding hydrogens is 492 g/mol. The van der Waals surface area contributed by atoms with E-state index in [2.05, 4.69) is 4.98 Å². The van der Waals surface area contributed by atoms with E-state index in [1.807, 2.05) is 0 Å².